The van der Waals surface area contributed by atoms with Crippen molar-refractivity contribution in [2.45, 2.75) is 37.5 Å². The Kier molecular flexibility index (Phi) is 8.89. The predicted octanol–water partition coefficient (Wildman–Crippen LogP) is 6.06. The number of piperidine rings is 1. The first kappa shape index (κ1) is 30.3. The van der Waals surface area contributed by atoms with E-state index in [9.17, 15) is 18.8 Å². The molecular formula is C33H31Cl2FN4O3. The summed E-state index contributed by atoms with van der Waals surface area (Å²) in [6, 6.07) is 22.2. The molecule has 10 heteroatoms. The van der Waals surface area contributed by atoms with Gasteiger partial charge in [0, 0.05) is 46.5 Å². The van der Waals surface area contributed by atoms with Gasteiger partial charge in [0.25, 0.3) is 5.91 Å². The Hall–Kier alpha value is -4.14. The second-order valence-electron chi connectivity index (χ2n) is 10.7. The topological polar surface area (TPSA) is 111 Å². The highest BCUT2D eigenvalue weighted by atomic mass is 35.5. The Morgan fingerprint density at radius 3 is 2.14 bits per heavy atom. The van der Waals surface area contributed by atoms with Gasteiger partial charge >= 0.3 is 0 Å². The van der Waals surface area contributed by atoms with Crippen LogP contribution in [0.2, 0.25) is 10.0 Å². The van der Waals surface area contributed by atoms with Crippen LogP contribution < -0.4 is 11.5 Å². The molecule has 0 saturated carbocycles. The van der Waals surface area contributed by atoms with E-state index in [2.05, 4.69) is 0 Å². The second kappa shape index (κ2) is 12.6. The van der Waals surface area contributed by atoms with Crippen LogP contribution in [0.4, 0.5) is 4.39 Å². The summed E-state index contributed by atoms with van der Waals surface area (Å²) in [5, 5.41) is 1.08. The summed E-state index contributed by atoms with van der Waals surface area (Å²) in [6.07, 6.45) is 1.58. The fourth-order valence-corrected chi connectivity index (χ4v) is 6.23. The first-order chi connectivity index (χ1) is 20.6. The Morgan fingerprint density at radius 1 is 0.884 bits per heavy atom. The largest absolute Gasteiger partial charge is 0.370 e. The molecule has 1 saturated heterocycles. The van der Waals surface area contributed by atoms with Gasteiger partial charge in [-0.25, -0.2) is 4.39 Å². The summed E-state index contributed by atoms with van der Waals surface area (Å²) in [6.45, 7) is 0.543. The third-order valence-corrected chi connectivity index (χ3v) is 8.76. The number of hydrogen-bond acceptors (Lipinski definition) is 3. The first-order valence-corrected chi connectivity index (χ1v) is 14.8. The third-order valence-electron chi connectivity index (χ3n) is 8.18. The molecule has 0 radical (unpaired) electrons. The molecule has 4 aromatic rings. The van der Waals surface area contributed by atoms with Gasteiger partial charge in [0.1, 0.15) is 5.82 Å². The van der Waals surface area contributed by atoms with Crippen molar-refractivity contribution in [3.63, 3.8) is 0 Å². The lowest BCUT2D eigenvalue weighted by Gasteiger charge is -2.40. The van der Waals surface area contributed by atoms with Gasteiger partial charge in [0.15, 0.2) is 0 Å². The monoisotopic (exact) mass is 620 g/mol. The summed E-state index contributed by atoms with van der Waals surface area (Å²) in [5.74, 6) is -1.55. The summed E-state index contributed by atoms with van der Waals surface area (Å²) in [7, 11) is 0. The van der Waals surface area contributed by atoms with Crippen LogP contribution in [-0.4, -0.2) is 40.3 Å². The molecular weight excluding hydrogens is 590 g/mol. The lowest BCUT2D eigenvalue weighted by molar-refractivity contribution is -0.125. The molecule has 2 heterocycles. The fourth-order valence-electron chi connectivity index (χ4n) is 5.87. The molecule has 5 rings (SSSR count). The van der Waals surface area contributed by atoms with Crippen LogP contribution in [0.1, 0.15) is 47.3 Å². The molecule has 0 spiro atoms. The van der Waals surface area contributed by atoms with Crippen LogP contribution >= 0.6 is 23.2 Å². The number of aromatic nitrogens is 1. The Balaban J connectivity index is 1.56. The molecule has 0 unspecified atom stereocenters. The highest BCUT2D eigenvalue weighted by Gasteiger charge is 2.43. The van der Waals surface area contributed by atoms with E-state index in [0.29, 0.717) is 58.2 Å². The zero-order valence-corrected chi connectivity index (χ0v) is 24.9. The number of rotatable bonds is 9. The van der Waals surface area contributed by atoms with Crippen LogP contribution in [0.5, 0.6) is 0 Å². The van der Waals surface area contributed by atoms with Crippen molar-refractivity contribution in [3.8, 4) is 16.9 Å². The van der Waals surface area contributed by atoms with E-state index >= 15 is 0 Å². The van der Waals surface area contributed by atoms with Gasteiger partial charge in [0.05, 0.1) is 16.7 Å². The van der Waals surface area contributed by atoms with Crippen LogP contribution in [-0.2, 0) is 21.4 Å². The van der Waals surface area contributed by atoms with Gasteiger partial charge in [-0.05, 0) is 79.8 Å². The van der Waals surface area contributed by atoms with E-state index in [1.165, 1.54) is 12.1 Å². The van der Waals surface area contributed by atoms with Crippen LogP contribution in [0, 0.1) is 5.82 Å². The number of halogens is 3. The molecule has 3 amide bonds. The number of benzene rings is 3. The Bertz CT molecular complexity index is 1660. The molecule has 43 heavy (non-hydrogen) atoms. The normalized spacial score (nSPS) is 14.4. The second-order valence-corrected chi connectivity index (χ2v) is 11.6. The smallest absolute Gasteiger partial charge is 0.255 e. The number of hydrogen-bond donors (Lipinski definition) is 2. The van der Waals surface area contributed by atoms with Crippen LogP contribution in [0.3, 0.4) is 0 Å². The van der Waals surface area contributed by atoms with Gasteiger partial charge in [-0.1, -0.05) is 53.5 Å². The number of primary amides is 2. The van der Waals surface area contributed by atoms with E-state index in [-0.39, 0.29) is 25.4 Å². The predicted molar refractivity (Wildman–Crippen MR) is 166 cm³/mol. The maximum Gasteiger partial charge on any atom is 0.255 e. The molecule has 0 aliphatic carbocycles. The van der Waals surface area contributed by atoms with Crippen molar-refractivity contribution >= 4 is 40.9 Å². The number of amides is 3. The van der Waals surface area contributed by atoms with Crippen molar-refractivity contribution in [2.24, 2.45) is 11.5 Å². The summed E-state index contributed by atoms with van der Waals surface area (Å²) in [5.41, 5.74) is 14.3. The maximum atomic E-state index is 14.2. The van der Waals surface area contributed by atoms with Crippen molar-refractivity contribution in [2.75, 3.05) is 13.1 Å². The van der Waals surface area contributed by atoms with E-state index < -0.39 is 23.0 Å². The molecule has 1 aliphatic rings. The van der Waals surface area contributed by atoms with E-state index in [1.807, 2.05) is 41.0 Å². The Labute approximate surface area is 259 Å². The molecule has 1 aromatic heterocycles. The average Bonchev–Trinajstić information content (AvgIpc) is 3.36. The van der Waals surface area contributed by atoms with Gasteiger partial charge < -0.3 is 20.9 Å². The highest BCUT2D eigenvalue weighted by Crippen LogP contribution is 2.38. The molecule has 7 nitrogen and oxygen atoms in total. The van der Waals surface area contributed by atoms with Crippen LogP contribution in [0.25, 0.3) is 16.9 Å². The van der Waals surface area contributed by atoms with Crippen molar-refractivity contribution in [1.29, 1.82) is 0 Å². The SMILES string of the molecule is NC(=O)CCCc1c(C(=O)N2CCC(C(N)=O)(c3ccc(F)cc3)CC2)cc(-c2ccccc2Cl)n1-c1ccc(Cl)cc1. The number of nitrogens with zero attached hydrogens (tertiary/aromatic N) is 2. The minimum atomic E-state index is -1.01. The van der Waals surface area contributed by atoms with E-state index in [4.69, 9.17) is 34.7 Å². The fraction of sp³-hybridized carbons (Fsp3) is 0.242. The lowest BCUT2D eigenvalue weighted by Crippen LogP contribution is -2.51. The molecule has 222 valence electrons. The van der Waals surface area contributed by atoms with E-state index in [1.54, 1.807) is 35.2 Å². The zero-order valence-electron chi connectivity index (χ0n) is 23.4. The minimum Gasteiger partial charge on any atom is -0.370 e. The summed E-state index contributed by atoms with van der Waals surface area (Å²) >= 11 is 12.8. The molecule has 1 aliphatic heterocycles. The van der Waals surface area contributed by atoms with Crippen molar-refractivity contribution in [3.05, 3.63) is 112 Å². The standard InChI is InChI=1S/C33H31Cl2FN4O3/c34-22-10-14-24(15-11-22)40-28(6-3-7-30(37)41)26(20-29(40)25-4-1-2-5-27(25)35)31(42)39-18-16-33(17-19-39,32(38)43)21-8-12-23(36)13-9-21/h1-2,4-5,8-15,20H,3,6-7,16-19H2,(H2,37,41)(H2,38,43). The molecule has 3 aromatic carbocycles. The molecule has 4 N–H and O–H groups in total. The number of carbonyl (C=O) groups is 3. The minimum absolute atomic E-state index is 0.156. The Morgan fingerprint density at radius 2 is 1.53 bits per heavy atom. The van der Waals surface area contributed by atoms with E-state index in [0.717, 1.165) is 11.3 Å². The lowest BCUT2D eigenvalue weighted by atomic mass is 9.72. The van der Waals surface area contributed by atoms with Crippen LogP contribution in [0.15, 0.2) is 78.9 Å². The summed E-state index contributed by atoms with van der Waals surface area (Å²) in [4.78, 5) is 40.3. The number of carbonyl (C=O) groups excluding carboxylic acids is 3. The quantitative estimate of drug-likeness (QED) is 0.237. The molecule has 1 fully saturated rings. The van der Waals surface area contributed by atoms with Crippen molar-refractivity contribution in [1.82, 2.24) is 9.47 Å². The third kappa shape index (κ3) is 6.17. The average molecular weight is 622 g/mol. The highest BCUT2D eigenvalue weighted by molar-refractivity contribution is 6.33. The van der Waals surface area contributed by atoms with Crippen molar-refractivity contribution < 1.29 is 18.8 Å². The molecule has 0 bridgehead atoms. The van der Waals surface area contributed by atoms with Gasteiger partial charge in [-0.15, -0.1) is 0 Å². The van der Waals surface area contributed by atoms with Gasteiger partial charge in [0.2, 0.25) is 11.8 Å². The van der Waals surface area contributed by atoms with Gasteiger partial charge in [-0.3, -0.25) is 14.4 Å². The number of likely N-dealkylation sites (tertiary alicyclic amines) is 1. The zero-order chi connectivity index (χ0) is 30.7. The molecule has 0 atom stereocenters. The summed E-state index contributed by atoms with van der Waals surface area (Å²) < 4.78 is 15.6. The first-order valence-electron chi connectivity index (χ1n) is 14.0. The van der Waals surface area contributed by atoms with Gasteiger partial charge in [-0.2, -0.15) is 0 Å². The maximum absolute atomic E-state index is 14.2. The number of nitrogens with two attached hydrogens (primary N) is 2.